The van der Waals surface area contributed by atoms with Gasteiger partial charge < -0.3 is 9.80 Å². The molecule has 0 aliphatic carbocycles. The molecule has 0 unspecified atom stereocenters. The van der Waals surface area contributed by atoms with Gasteiger partial charge in [-0.25, -0.2) is 0 Å². The van der Waals surface area contributed by atoms with Gasteiger partial charge in [0.15, 0.2) is 0 Å². The highest BCUT2D eigenvalue weighted by atomic mass is 16.2. The molecule has 2 fully saturated rings. The maximum atomic E-state index is 13.1. The predicted molar refractivity (Wildman–Crippen MR) is 137 cm³/mol. The molecule has 5 nitrogen and oxygen atoms in total. The average molecular weight is 460 g/mol. The van der Waals surface area contributed by atoms with Crippen molar-refractivity contribution >= 4 is 17.9 Å². The molecule has 2 amide bonds. The molecule has 0 bridgehead atoms. The molecule has 0 N–H and O–H groups in total. The molecule has 0 spiro atoms. The normalized spacial score (nSPS) is 18.1. The average Bonchev–Trinajstić information content (AvgIpc) is 2.88. The minimum atomic E-state index is 0.0322. The van der Waals surface area contributed by atoms with Crippen LogP contribution in [0.1, 0.15) is 49.3 Å². The first-order valence-corrected chi connectivity index (χ1v) is 12.6. The maximum Gasteiger partial charge on any atom is 0.246 e. The molecule has 2 aliphatic rings. The van der Waals surface area contributed by atoms with Crippen molar-refractivity contribution in [3.63, 3.8) is 0 Å². The highest BCUT2D eigenvalue weighted by Gasteiger charge is 2.31. The first kappa shape index (κ1) is 24.2. The summed E-state index contributed by atoms with van der Waals surface area (Å²) >= 11 is 0. The third-order valence-electron chi connectivity index (χ3n) is 7.11. The van der Waals surface area contributed by atoms with Crippen LogP contribution in [0.2, 0.25) is 0 Å². The number of nitrogens with zero attached hydrogens (tertiary/aromatic N) is 3. The Morgan fingerprint density at radius 2 is 1.50 bits per heavy atom. The SMILES string of the molecule is CC(C)c1ccc(CN2CCN(C(=O)C3CCN(C(=O)/C=C/c4ccccc4)CC3)CC2)cc1. The van der Waals surface area contributed by atoms with E-state index in [2.05, 4.69) is 43.0 Å². The fraction of sp³-hybridized carbons (Fsp3) is 0.448. The van der Waals surface area contributed by atoms with Gasteiger partial charge >= 0.3 is 0 Å². The van der Waals surface area contributed by atoms with Gasteiger partial charge in [-0.1, -0.05) is 68.4 Å². The largest absolute Gasteiger partial charge is 0.340 e. The van der Waals surface area contributed by atoms with Crippen LogP contribution in [0.3, 0.4) is 0 Å². The van der Waals surface area contributed by atoms with Gasteiger partial charge in [-0.2, -0.15) is 0 Å². The van der Waals surface area contributed by atoms with Gasteiger partial charge in [0.2, 0.25) is 11.8 Å². The number of hydrogen-bond acceptors (Lipinski definition) is 3. The predicted octanol–water partition coefficient (Wildman–Crippen LogP) is 4.41. The number of carbonyl (C=O) groups excluding carboxylic acids is 2. The topological polar surface area (TPSA) is 43.9 Å². The van der Waals surface area contributed by atoms with Crippen molar-refractivity contribution in [2.24, 2.45) is 5.92 Å². The van der Waals surface area contributed by atoms with E-state index >= 15 is 0 Å². The molecule has 2 saturated heterocycles. The zero-order valence-electron chi connectivity index (χ0n) is 20.5. The quantitative estimate of drug-likeness (QED) is 0.601. The molecular weight excluding hydrogens is 422 g/mol. The van der Waals surface area contributed by atoms with Crippen molar-refractivity contribution in [1.82, 2.24) is 14.7 Å². The van der Waals surface area contributed by atoms with Gasteiger partial charge in [0.05, 0.1) is 0 Å². The van der Waals surface area contributed by atoms with Crippen LogP contribution in [0, 0.1) is 5.92 Å². The van der Waals surface area contributed by atoms with Gasteiger partial charge in [0, 0.05) is 57.8 Å². The van der Waals surface area contributed by atoms with Gasteiger partial charge in [-0.3, -0.25) is 14.5 Å². The van der Waals surface area contributed by atoms with E-state index < -0.39 is 0 Å². The first-order chi connectivity index (χ1) is 16.5. The zero-order valence-corrected chi connectivity index (χ0v) is 20.5. The monoisotopic (exact) mass is 459 g/mol. The molecule has 0 aromatic heterocycles. The van der Waals surface area contributed by atoms with Crippen LogP contribution < -0.4 is 0 Å². The molecule has 2 heterocycles. The van der Waals surface area contributed by atoms with E-state index in [1.165, 1.54) is 11.1 Å². The summed E-state index contributed by atoms with van der Waals surface area (Å²) in [6.07, 6.45) is 5.02. The van der Waals surface area contributed by atoms with E-state index in [1.54, 1.807) is 6.08 Å². The number of carbonyl (C=O) groups is 2. The van der Waals surface area contributed by atoms with Crippen molar-refractivity contribution in [2.45, 2.75) is 39.2 Å². The minimum Gasteiger partial charge on any atom is -0.340 e. The standard InChI is InChI=1S/C29H37N3O2/c1-23(2)26-11-8-25(9-12-26)22-30-18-20-32(21-19-30)29(34)27-14-16-31(17-15-27)28(33)13-10-24-6-4-3-5-7-24/h3-13,23,27H,14-22H2,1-2H3/b13-10+. The molecular formula is C29H37N3O2. The Labute approximate surface area is 204 Å². The van der Waals surface area contributed by atoms with E-state index in [0.29, 0.717) is 19.0 Å². The number of benzene rings is 2. The second-order valence-corrected chi connectivity index (χ2v) is 9.84. The number of rotatable bonds is 6. The Morgan fingerprint density at radius 1 is 0.853 bits per heavy atom. The van der Waals surface area contributed by atoms with E-state index in [4.69, 9.17) is 0 Å². The van der Waals surface area contributed by atoms with Crippen LogP contribution in [0.5, 0.6) is 0 Å². The van der Waals surface area contributed by atoms with Gasteiger partial charge in [0.1, 0.15) is 0 Å². The van der Waals surface area contributed by atoms with E-state index in [0.717, 1.165) is 51.1 Å². The van der Waals surface area contributed by atoms with Crippen LogP contribution in [-0.4, -0.2) is 65.8 Å². The summed E-state index contributed by atoms with van der Waals surface area (Å²) in [6.45, 7) is 10.1. The maximum absolute atomic E-state index is 13.1. The van der Waals surface area contributed by atoms with Gasteiger partial charge in [-0.05, 0) is 41.5 Å². The van der Waals surface area contributed by atoms with E-state index in [9.17, 15) is 9.59 Å². The highest BCUT2D eigenvalue weighted by molar-refractivity contribution is 5.92. The summed E-state index contributed by atoms with van der Waals surface area (Å²) in [6, 6.07) is 18.8. The Balaban J connectivity index is 1.20. The molecule has 2 aromatic carbocycles. The van der Waals surface area contributed by atoms with Crippen molar-refractivity contribution in [1.29, 1.82) is 0 Å². The number of likely N-dealkylation sites (tertiary alicyclic amines) is 1. The van der Waals surface area contributed by atoms with Crippen molar-refractivity contribution in [2.75, 3.05) is 39.3 Å². The molecule has 5 heteroatoms. The molecule has 34 heavy (non-hydrogen) atoms. The Bertz CT molecular complexity index is 968. The van der Waals surface area contributed by atoms with Crippen LogP contribution in [0.25, 0.3) is 6.08 Å². The summed E-state index contributed by atoms with van der Waals surface area (Å²) in [7, 11) is 0. The number of amides is 2. The van der Waals surface area contributed by atoms with Crippen molar-refractivity contribution in [3.05, 3.63) is 77.4 Å². The second kappa shape index (κ2) is 11.5. The van der Waals surface area contributed by atoms with Crippen molar-refractivity contribution in [3.8, 4) is 0 Å². The molecule has 2 aromatic rings. The number of piperazine rings is 1. The third-order valence-corrected chi connectivity index (χ3v) is 7.11. The lowest BCUT2D eigenvalue weighted by molar-refractivity contribution is -0.141. The highest BCUT2D eigenvalue weighted by Crippen LogP contribution is 2.22. The molecule has 0 saturated carbocycles. The zero-order chi connectivity index (χ0) is 23.9. The van der Waals surface area contributed by atoms with Gasteiger partial charge in [0.25, 0.3) is 0 Å². The summed E-state index contributed by atoms with van der Waals surface area (Å²) in [5, 5.41) is 0. The minimum absolute atomic E-state index is 0.0322. The molecule has 180 valence electrons. The number of hydrogen-bond donors (Lipinski definition) is 0. The number of piperidine rings is 1. The summed E-state index contributed by atoms with van der Waals surface area (Å²) < 4.78 is 0. The molecule has 2 aliphatic heterocycles. The fourth-order valence-corrected chi connectivity index (χ4v) is 4.83. The Hall–Kier alpha value is -2.92. The lowest BCUT2D eigenvalue weighted by Crippen LogP contribution is -2.51. The van der Waals surface area contributed by atoms with E-state index in [1.807, 2.05) is 46.2 Å². The molecule has 0 atom stereocenters. The Kier molecular flexibility index (Phi) is 8.17. The van der Waals surface area contributed by atoms with E-state index in [-0.39, 0.29) is 17.7 Å². The van der Waals surface area contributed by atoms with Crippen LogP contribution in [-0.2, 0) is 16.1 Å². The molecule has 4 rings (SSSR count). The van der Waals surface area contributed by atoms with Crippen molar-refractivity contribution < 1.29 is 9.59 Å². The summed E-state index contributed by atoms with van der Waals surface area (Å²) in [5.41, 5.74) is 3.73. The van der Waals surface area contributed by atoms with Crippen LogP contribution >= 0.6 is 0 Å². The third kappa shape index (κ3) is 6.35. The Morgan fingerprint density at radius 3 is 2.12 bits per heavy atom. The van der Waals surface area contributed by atoms with Crippen LogP contribution in [0.15, 0.2) is 60.7 Å². The lowest BCUT2D eigenvalue weighted by Gasteiger charge is -2.38. The smallest absolute Gasteiger partial charge is 0.246 e. The second-order valence-electron chi connectivity index (χ2n) is 9.84. The van der Waals surface area contributed by atoms with Gasteiger partial charge in [-0.15, -0.1) is 0 Å². The fourth-order valence-electron chi connectivity index (χ4n) is 4.83. The summed E-state index contributed by atoms with van der Waals surface area (Å²) in [5.74, 6) is 0.897. The summed E-state index contributed by atoms with van der Waals surface area (Å²) in [4.78, 5) is 32.0. The lowest BCUT2D eigenvalue weighted by atomic mass is 9.94. The first-order valence-electron chi connectivity index (χ1n) is 12.6. The molecule has 0 radical (unpaired) electrons. The van der Waals surface area contributed by atoms with Crippen LogP contribution in [0.4, 0.5) is 0 Å².